The van der Waals surface area contributed by atoms with Gasteiger partial charge in [0.2, 0.25) is 0 Å². The van der Waals surface area contributed by atoms with Gasteiger partial charge >= 0.3 is 29.6 Å². The Kier molecular flexibility index (Phi) is 3.63. The van der Waals surface area contributed by atoms with E-state index < -0.39 is 0 Å². The molecule has 0 unspecified atom stereocenters. The van der Waals surface area contributed by atoms with E-state index in [2.05, 4.69) is 33.3 Å². The standard InChI is InChI=1S/CHN4S.Na/c6-1-2-4-5-3-1;/h(H-,2,3,4,5,6);/q-1;+1. The molecule has 0 N–H and O–H groups in total. The van der Waals surface area contributed by atoms with Crippen molar-refractivity contribution in [3.05, 3.63) is 0 Å². The van der Waals surface area contributed by atoms with Crippen LogP contribution < -0.4 is 34.7 Å². The molecule has 4 nitrogen and oxygen atoms in total. The van der Waals surface area contributed by atoms with Crippen LogP contribution in [0.1, 0.15) is 0 Å². The molecule has 0 saturated heterocycles. The van der Waals surface area contributed by atoms with Gasteiger partial charge in [-0.15, -0.1) is 12.6 Å². The van der Waals surface area contributed by atoms with Crippen LogP contribution >= 0.6 is 12.6 Å². The fraction of sp³-hybridized carbons (Fsp3) is 0. The molecule has 0 saturated carbocycles. The summed E-state index contributed by atoms with van der Waals surface area (Å²) in [4.78, 5) is 0. The molecule has 0 aliphatic rings. The van der Waals surface area contributed by atoms with Crippen LogP contribution in [-0.2, 0) is 0 Å². The van der Waals surface area contributed by atoms with Crippen molar-refractivity contribution in [2.75, 3.05) is 0 Å². The van der Waals surface area contributed by atoms with E-state index in [0.717, 1.165) is 0 Å². The molecule has 0 amide bonds. The van der Waals surface area contributed by atoms with Crippen LogP contribution in [-0.4, -0.2) is 15.5 Å². The van der Waals surface area contributed by atoms with Gasteiger partial charge in [-0.3, -0.25) is 10.3 Å². The normalized spacial score (nSPS) is 7.57. The Labute approximate surface area is 67.8 Å². The molecular weight excluding hydrogens is 123 g/mol. The Balaban J connectivity index is 0.000000360. The molecule has 0 radical (unpaired) electrons. The Morgan fingerprint density at radius 1 is 1.57 bits per heavy atom. The van der Waals surface area contributed by atoms with Crippen molar-refractivity contribution in [1.82, 2.24) is 20.6 Å². The number of hydrogen-bond donors (Lipinski definition) is 1. The van der Waals surface area contributed by atoms with E-state index >= 15 is 0 Å². The van der Waals surface area contributed by atoms with Gasteiger partial charge in [0.05, 0.1) is 5.16 Å². The van der Waals surface area contributed by atoms with Crippen LogP contribution in [0.4, 0.5) is 0 Å². The molecule has 1 aromatic rings. The molecule has 0 fully saturated rings. The van der Waals surface area contributed by atoms with Gasteiger partial charge in [0.15, 0.2) is 0 Å². The zero-order valence-electron chi connectivity index (χ0n) is 3.74. The Bertz CT molecular complexity index is 115. The summed E-state index contributed by atoms with van der Waals surface area (Å²) in [6.45, 7) is 0. The van der Waals surface area contributed by atoms with Crippen molar-refractivity contribution < 1.29 is 29.6 Å². The maximum absolute atomic E-state index is 3.69. The van der Waals surface area contributed by atoms with Crippen LogP contribution in [0.5, 0.6) is 0 Å². The van der Waals surface area contributed by atoms with Gasteiger partial charge in [-0.2, -0.15) is 5.21 Å². The molecule has 0 spiro atoms. The number of hydrogen-bond acceptors (Lipinski definition) is 4. The van der Waals surface area contributed by atoms with Gasteiger partial charge in [0.1, 0.15) is 0 Å². The van der Waals surface area contributed by atoms with Gasteiger partial charge in [-0.05, 0) is 0 Å². The van der Waals surface area contributed by atoms with Crippen LogP contribution in [0.25, 0.3) is 0 Å². The number of nitrogens with zero attached hydrogens (tertiary/aromatic N) is 4. The number of aromatic nitrogens is 4. The molecule has 0 aliphatic heterocycles. The topological polar surface area (TPSA) is 52.8 Å². The SMILES string of the molecule is Sc1nnn[n-]1.[Na+]. The van der Waals surface area contributed by atoms with Crippen molar-refractivity contribution in [2.24, 2.45) is 0 Å². The summed E-state index contributed by atoms with van der Waals surface area (Å²) < 4.78 is 0. The van der Waals surface area contributed by atoms with Crippen molar-refractivity contribution >= 4 is 12.6 Å². The van der Waals surface area contributed by atoms with E-state index in [1.54, 1.807) is 0 Å². The molecule has 6 heteroatoms. The second-order valence-electron chi connectivity index (χ2n) is 0.679. The predicted molar refractivity (Wildman–Crippen MR) is 20.4 cm³/mol. The monoisotopic (exact) mass is 124 g/mol. The minimum Gasteiger partial charge on any atom is -0.325 e. The Hall–Kier alpha value is 0.420. The first kappa shape index (κ1) is 7.42. The fourth-order valence-electron chi connectivity index (χ4n) is 0.140. The van der Waals surface area contributed by atoms with E-state index in [4.69, 9.17) is 0 Å². The second-order valence-corrected chi connectivity index (χ2v) is 1.08. The van der Waals surface area contributed by atoms with Crippen LogP contribution in [0, 0.1) is 0 Å². The van der Waals surface area contributed by atoms with Crippen molar-refractivity contribution in [1.29, 1.82) is 0 Å². The van der Waals surface area contributed by atoms with Gasteiger partial charge in [0.25, 0.3) is 0 Å². The molecular formula is CHN4NaS. The van der Waals surface area contributed by atoms with E-state index in [9.17, 15) is 0 Å². The third-order valence-electron chi connectivity index (χ3n) is 0.308. The van der Waals surface area contributed by atoms with E-state index in [1.165, 1.54) is 0 Å². The first-order valence-corrected chi connectivity index (χ1v) is 1.72. The molecule has 1 heterocycles. The first-order chi connectivity index (χ1) is 2.89. The molecule has 1 rings (SSSR count). The van der Waals surface area contributed by atoms with Crippen molar-refractivity contribution in [2.45, 2.75) is 5.16 Å². The van der Waals surface area contributed by atoms with Gasteiger partial charge in [-0.25, -0.2) is 0 Å². The van der Waals surface area contributed by atoms with Gasteiger partial charge < -0.3 is 5.10 Å². The fourth-order valence-corrected chi connectivity index (χ4v) is 0.220. The van der Waals surface area contributed by atoms with Crippen molar-refractivity contribution in [3.63, 3.8) is 0 Å². The van der Waals surface area contributed by atoms with Gasteiger partial charge in [0, 0.05) is 0 Å². The van der Waals surface area contributed by atoms with Crippen LogP contribution in [0.2, 0.25) is 0 Å². The minimum absolute atomic E-state index is 0. The summed E-state index contributed by atoms with van der Waals surface area (Å²) in [5.74, 6) is 0. The summed E-state index contributed by atoms with van der Waals surface area (Å²) in [6, 6.07) is 0. The maximum Gasteiger partial charge on any atom is 1.00 e. The Morgan fingerprint density at radius 2 is 2.29 bits per heavy atom. The average molecular weight is 124 g/mol. The third-order valence-corrected chi connectivity index (χ3v) is 0.487. The minimum atomic E-state index is 0. The largest absolute Gasteiger partial charge is 1.00 e. The van der Waals surface area contributed by atoms with E-state index in [1.807, 2.05) is 0 Å². The molecule has 32 valence electrons. The second kappa shape index (κ2) is 3.43. The number of tetrazole rings is 1. The molecule has 0 aromatic carbocycles. The quantitative estimate of drug-likeness (QED) is 0.284. The van der Waals surface area contributed by atoms with Gasteiger partial charge in [-0.1, -0.05) is 0 Å². The average Bonchev–Trinajstić information content (AvgIpc) is 1.86. The number of rotatable bonds is 0. The van der Waals surface area contributed by atoms with E-state index in [-0.39, 0.29) is 29.6 Å². The summed E-state index contributed by atoms with van der Waals surface area (Å²) in [5, 5.41) is 13.2. The Morgan fingerprint density at radius 3 is 2.43 bits per heavy atom. The summed E-state index contributed by atoms with van der Waals surface area (Å²) in [7, 11) is 0. The molecule has 0 bridgehead atoms. The van der Waals surface area contributed by atoms with Crippen molar-refractivity contribution in [3.8, 4) is 0 Å². The molecule has 0 aliphatic carbocycles. The first-order valence-electron chi connectivity index (χ1n) is 1.27. The molecule has 1 aromatic heterocycles. The summed E-state index contributed by atoms with van der Waals surface area (Å²) in [5.41, 5.74) is 0. The molecule has 7 heavy (non-hydrogen) atoms. The number of thiol groups is 1. The maximum atomic E-state index is 3.69. The summed E-state index contributed by atoms with van der Waals surface area (Å²) in [6.07, 6.45) is 0. The zero-order chi connectivity index (χ0) is 4.41. The van der Waals surface area contributed by atoms with E-state index in [0.29, 0.717) is 5.16 Å². The summed E-state index contributed by atoms with van der Waals surface area (Å²) >= 11 is 3.69. The third kappa shape index (κ3) is 2.28. The zero-order valence-corrected chi connectivity index (χ0v) is 6.63. The predicted octanol–water partition coefficient (Wildman–Crippen LogP) is -3.88. The smallest absolute Gasteiger partial charge is 0.325 e. The molecule has 0 atom stereocenters. The van der Waals surface area contributed by atoms with Crippen LogP contribution in [0.3, 0.4) is 0 Å². The van der Waals surface area contributed by atoms with Crippen LogP contribution in [0.15, 0.2) is 5.16 Å².